The van der Waals surface area contributed by atoms with Crippen molar-refractivity contribution in [3.05, 3.63) is 21.9 Å². The summed E-state index contributed by atoms with van der Waals surface area (Å²) >= 11 is 11.9. The third kappa shape index (κ3) is 1.22. The fraction of sp³-hybridized carbons (Fsp3) is 0.250. The molecule has 0 aliphatic heterocycles. The molecule has 2 rings (SSSR count). The van der Waals surface area contributed by atoms with E-state index in [9.17, 15) is 0 Å². The third-order valence-electron chi connectivity index (χ3n) is 1.98. The molecule has 0 aliphatic carbocycles. The Hall–Kier alpha value is -1.00. The molecule has 0 spiro atoms. The van der Waals surface area contributed by atoms with E-state index in [2.05, 4.69) is 10.1 Å². The van der Waals surface area contributed by atoms with E-state index in [1.54, 1.807) is 0 Å². The highest BCUT2D eigenvalue weighted by Gasteiger charge is 2.12. The van der Waals surface area contributed by atoms with Crippen LogP contribution < -0.4 is 5.73 Å². The minimum atomic E-state index is 0.375. The monoisotopic (exact) mass is 230 g/mol. The summed E-state index contributed by atoms with van der Waals surface area (Å²) in [6.07, 6.45) is 2.21. The van der Waals surface area contributed by atoms with Crippen molar-refractivity contribution in [2.24, 2.45) is 0 Å². The highest BCUT2D eigenvalue weighted by molar-refractivity contribution is 6.34. The Bertz CT molecular complexity index is 492. The molecule has 0 saturated carbocycles. The van der Waals surface area contributed by atoms with E-state index < -0.39 is 0 Å². The summed E-state index contributed by atoms with van der Waals surface area (Å²) in [5.41, 5.74) is 7.06. The van der Waals surface area contributed by atoms with Crippen molar-refractivity contribution in [3.63, 3.8) is 0 Å². The number of hydrogen-bond donors (Lipinski definition) is 1. The molecular weight excluding hydrogens is 223 g/mol. The Morgan fingerprint density at radius 2 is 2.21 bits per heavy atom. The van der Waals surface area contributed by atoms with E-state index in [-0.39, 0.29) is 0 Å². The minimum absolute atomic E-state index is 0.375. The number of rotatable bonds is 1. The molecule has 0 fully saturated rings. The zero-order valence-electron chi connectivity index (χ0n) is 7.46. The summed E-state index contributed by atoms with van der Waals surface area (Å²) in [6, 6.07) is 0. The first-order chi connectivity index (χ1) is 6.65. The molecule has 2 heterocycles. The van der Waals surface area contributed by atoms with Gasteiger partial charge in [-0.15, -0.1) is 0 Å². The second-order valence-electron chi connectivity index (χ2n) is 2.84. The molecule has 2 aromatic heterocycles. The first-order valence-corrected chi connectivity index (χ1v) is 4.87. The highest BCUT2D eigenvalue weighted by atomic mass is 35.5. The van der Waals surface area contributed by atoms with Crippen LogP contribution in [-0.4, -0.2) is 14.6 Å². The van der Waals surface area contributed by atoms with Crippen LogP contribution in [0, 0.1) is 0 Å². The van der Waals surface area contributed by atoms with Crippen LogP contribution in [0.4, 0.5) is 5.82 Å². The molecule has 0 atom stereocenters. The molecule has 0 unspecified atom stereocenters. The summed E-state index contributed by atoms with van der Waals surface area (Å²) in [6.45, 7) is 1.95. The second kappa shape index (κ2) is 3.29. The molecule has 2 aromatic rings. The Morgan fingerprint density at radius 1 is 1.50 bits per heavy atom. The van der Waals surface area contributed by atoms with Crippen LogP contribution in [0.1, 0.15) is 12.6 Å². The van der Waals surface area contributed by atoms with Crippen molar-refractivity contribution >= 4 is 34.7 Å². The van der Waals surface area contributed by atoms with E-state index in [0.29, 0.717) is 27.9 Å². The van der Waals surface area contributed by atoms with Crippen LogP contribution in [0.25, 0.3) is 5.65 Å². The van der Waals surface area contributed by atoms with Gasteiger partial charge in [-0.05, 0) is 6.42 Å². The van der Waals surface area contributed by atoms with E-state index in [1.165, 1.54) is 10.7 Å². The number of hydrogen-bond acceptors (Lipinski definition) is 3. The van der Waals surface area contributed by atoms with E-state index in [1.807, 2.05) is 6.92 Å². The van der Waals surface area contributed by atoms with Crippen LogP contribution in [0.5, 0.6) is 0 Å². The van der Waals surface area contributed by atoms with Gasteiger partial charge in [0.15, 0.2) is 5.65 Å². The Kier molecular flexibility index (Phi) is 2.25. The van der Waals surface area contributed by atoms with Crippen LogP contribution in [0.3, 0.4) is 0 Å². The Morgan fingerprint density at radius 3 is 2.86 bits per heavy atom. The number of anilines is 1. The van der Waals surface area contributed by atoms with Gasteiger partial charge in [0.2, 0.25) is 0 Å². The molecule has 14 heavy (non-hydrogen) atoms. The standard InChI is InChI=1S/C8H8Cl2N4/c1-2-5-6(10)7(11)14-8(13-5)4(9)3-12-14/h3H,2,11H2,1H3. The number of aryl methyl sites for hydroxylation is 1. The van der Waals surface area contributed by atoms with Gasteiger partial charge in [0.1, 0.15) is 15.9 Å². The summed E-state index contributed by atoms with van der Waals surface area (Å²) in [5, 5.41) is 4.89. The maximum atomic E-state index is 5.99. The number of halogens is 2. The molecule has 0 saturated heterocycles. The topological polar surface area (TPSA) is 56.2 Å². The number of nitrogens with zero attached hydrogens (tertiary/aromatic N) is 3. The average molecular weight is 231 g/mol. The fourth-order valence-electron chi connectivity index (χ4n) is 1.25. The molecule has 0 radical (unpaired) electrons. The third-order valence-corrected chi connectivity index (χ3v) is 2.66. The Balaban J connectivity index is 2.87. The largest absolute Gasteiger partial charge is 0.382 e. The lowest BCUT2D eigenvalue weighted by molar-refractivity contribution is 0.924. The fourth-order valence-corrected chi connectivity index (χ4v) is 1.67. The van der Waals surface area contributed by atoms with Crippen LogP contribution >= 0.6 is 23.2 Å². The molecule has 0 amide bonds. The predicted molar refractivity (Wildman–Crippen MR) is 56.8 cm³/mol. The molecule has 6 heteroatoms. The maximum absolute atomic E-state index is 5.99. The van der Waals surface area contributed by atoms with Gasteiger partial charge in [0, 0.05) is 0 Å². The van der Waals surface area contributed by atoms with Crippen molar-refractivity contribution < 1.29 is 0 Å². The van der Waals surface area contributed by atoms with Crippen LogP contribution in [-0.2, 0) is 6.42 Å². The van der Waals surface area contributed by atoms with Gasteiger partial charge in [-0.3, -0.25) is 0 Å². The zero-order chi connectivity index (χ0) is 10.3. The second-order valence-corrected chi connectivity index (χ2v) is 3.62. The summed E-state index contributed by atoms with van der Waals surface area (Å²) in [5.74, 6) is 0.375. The van der Waals surface area contributed by atoms with Crippen molar-refractivity contribution in [3.8, 4) is 0 Å². The van der Waals surface area contributed by atoms with Crippen LogP contribution in [0.2, 0.25) is 10.0 Å². The van der Waals surface area contributed by atoms with Gasteiger partial charge in [-0.1, -0.05) is 30.1 Å². The van der Waals surface area contributed by atoms with Crippen molar-refractivity contribution in [1.82, 2.24) is 14.6 Å². The number of aromatic nitrogens is 3. The first-order valence-electron chi connectivity index (χ1n) is 4.12. The van der Waals surface area contributed by atoms with Crippen molar-refractivity contribution in [1.29, 1.82) is 0 Å². The van der Waals surface area contributed by atoms with Crippen molar-refractivity contribution in [2.75, 3.05) is 5.73 Å². The van der Waals surface area contributed by atoms with Gasteiger partial charge in [0.25, 0.3) is 0 Å². The molecule has 0 bridgehead atoms. The molecule has 4 nitrogen and oxygen atoms in total. The van der Waals surface area contributed by atoms with E-state index in [4.69, 9.17) is 28.9 Å². The normalized spacial score (nSPS) is 11.1. The Labute approximate surface area is 90.6 Å². The van der Waals surface area contributed by atoms with Gasteiger partial charge < -0.3 is 5.73 Å². The van der Waals surface area contributed by atoms with Gasteiger partial charge >= 0.3 is 0 Å². The predicted octanol–water partition coefficient (Wildman–Crippen LogP) is 2.18. The number of nitrogens with two attached hydrogens (primary N) is 1. The molecule has 0 aliphatic rings. The molecule has 2 N–H and O–H groups in total. The summed E-state index contributed by atoms with van der Waals surface area (Å²) < 4.78 is 1.43. The lowest BCUT2D eigenvalue weighted by Crippen LogP contribution is -2.04. The maximum Gasteiger partial charge on any atom is 0.176 e. The lowest BCUT2D eigenvalue weighted by atomic mass is 10.3. The number of nitrogen functional groups attached to an aromatic ring is 1. The average Bonchev–Trinajstić information content (AvgIpc) is 2.54. The molecule has 0 aromatic carbocycles. The SMILES string of the molecule is CCc1nc2c(Cl)cnn2c(N)c1Cl. The molecular formula is C8H8Cl2N4. The first kappa shape index (κ1) is 9.55. The smallest absolute Gasteiger partial charge is 0.176 e. The summed E-state index contributed by atoms with van der Waals surface area (Å²) in [7, 11) is 0. The zero-order valence-corrected chi connectivity index (χ0v) is 8.97. The minimum Gasteiger partial charge on any atom is -0.382 e. The van der Waals surface area contributed by atoms with Crippen LogP contribution in [0.15, 0.2) is 6.20 Å². The molecule has 74 valence electrons. The number of fused-ring (bicyclic) bond motifs is 1. The quantitative estimate of drug-likeness (QED) is 0.818. The van der Waals surface area contributed by atoms with Gasteiger partial charge in [-0.25, -0.2) is 4.98 Å². The lowest BCUT2D eigenvalue weighted by Gasteiger charge is -2.05. The van der Waals surface area contributed by atoms with Crippen molar-refractivity contribution in [2.45, 2.75) is 13.3 Å². The van der Waals surface area contributed by atoms with Gasteiger partial charge in [-0.2, -0.15) is 9.61 Å². The van der Waals surface area contributed by atoms with E-state index in [0.717, 1.165) is 5.69 Å². The summed E-state index contributed by atoms with van der Waals surface area (Å²) in [4.78, 5) is 4.27. The highest BCUT2D eigenvalue weighted by Crippen LogP contribution is 2.26. The van der Waals surface area contributed by atoms with E-state index >= 15 is 0 Å². The van der Waals surface area contributed by atoms with Gasteiger partial charge in [0.05, 0.1) is 11.9 Å².